The Labute approximate surface area is 189 Å². The molecule has 0 aliphatic carbocycles. The molecule has 2 aromatic heterocycles. The van der Waals surface area contributed by atoms with Gasteiger partial charge in [0.15, 0.2) is 11.5 Å². The molecule has 0 unspecified atom stereocenters. The molecule has 0 atom stereocenters. The van der Waals surface area contributed by atoms with Crippen LogP contribution in [0, 0.1) is 0 Å². The van der Waals surface area contributed by atoms with Crippen molar-refractivity contribution in [2.24, 2.45) is 0 Å². The average molecular weight is 448 g/mol. The molecule has 0 aliphatic heterocycles. The highest BCUT2D eigenvalue weighted by Gasteiger charge is 2.27. The molecule has 2 amide bonds. The fraction of sp³-hybridized carbons (Fsp3) is 0.208. The van der Waals surface area contributed by atoms with Gasteiger partial charge in [-0.15, -0.1) is 0 Å². The molecular weight excluding hydrogens is 424 g/mol. The molecular formula is C24H24N4O5. The highest BCUT2D eigenvalue weighted by molar-refractivity contribution is 6.11. The number of carbonyl (C=O) groups is 2. The van der Waals surface area contributed by atoms with Crippen LogP contribution in [0.3, 0.4) is 0 Å². The van der Waals surface area contributed by atoms with E-state index in [9.17, 15) is 19.8 Å². The first kappa shape index (κ1) is 21.9. The van der Waals surface area contributed by atoms with Crippen molar-refractivity contribution in [1.82, 2.24) is 15.5 Å². The van der Waals surface area contributed by atoms with E-state index in [-0.39, 0.29) is 40.1 Å². The van der Waals surface area contributed by atoms with Gasteiger partial charge in [0.25, 0.3) is 11.8 Å². The third-order valence-corrected chi connectivity index (χ3v) is 5.31. The summed E-state index contributed by atoms with van der Waals surface area (Å²) in [6.45, 7) is 5.87. The Morgan fingerprint density at radius 3 is 2.61 bits per heavy atom. The summed E-state index contributed by atoms with van der Waals surface area (Å²) in [4.78, 5) is 28.7. The number of nitrogens with zero attached hydrogens (tertiary/aromatic N) is 1. The number of benzene rings is 2. The van der Waals surface area contributed by atoms with Crippen LogP contribution < -0.4 is 10.6 Å². The Hall–Kier alpha value is -4.27. The number of hydrogen-bond acceptors (Lipinski definition) is 6. The number of carbonyl (C=O) groups excluding carboxylic acids is 2. The van der Waals surface area contributed by atoms with E-state index in [4.69, 9.17) is 4.52 Å². The second-order valence-corrected chi connectivity index (χ2v) is 7.91. The molecule has 5 N–H and O–H groups in total. The maximum atomic E-state index is 13.1. The van der Waals surface area contributed by atoms with Gasteiger partial charge in [0.1, 0.15) is 17.2 Å². The Kier molecular flexibility index (Phi) is 5.78. The van der Waals surface area contributed by atoms with Crippen molar-refractivity contribution >= 4 is 28.4 Å². The summed E-state index contributed by atoms with van der Waals surface area (Å²) in [5, 5.41) is 30.9. The van der Waals surface area contributed by atoms with Gasteiger partial charge < -0.3 is 30.4 Å². The third kappa shape index (κ3) is 4.12. The Bertz CT molecular complexity index is 1350. The number of H-pyrrole nitrogens is 1. The maximum Gasteiger partial charge on any atom is 0.275 e. The van der Waals surface area contributed by atoms with Crippen molar-refractivity contribution < 1.29 is 24.3 Å². The van der Waals surface area contributed by atoms with Gasteiger partial charge in [-0.3, -0.25) is 9.59 Å². The van der Waals surface area contributed by atoms with Gasteiger partial charge in [0, 0.05) is 29.9 Å². The summed E-state index contributed by atoms with van der Waals surface area (Å²) < 4.78 is 5.43. The van der Waals surface area contributed by atoms with Crippen molar-refractivity contribution in [3.05, 3.63) is 59.4 Å². The first-order valence-corrected chi connectivity index (χ1v) is 10.5. The zero-order chi connectivity index (χ0) is 23.7. The molecule has 170 valence electrons. The quantitative estimate of drug-likeness (QED) is 0.297. The predicted molar refractivity (Wildman–Crippen MR) is 124 cm³/mol. The first-order chi connectivity index (χ1) is 15.8. The number of amides is 2. The predicted octanol–water partition coefficient (Wildman–Crippen LogP) is 4.36. The van der Waals surface area contributed by atoms with Crippen LogP contribution in [-0.4, -0.2) is 38.7 Å². The van der Waals surface area contributed by atoms with Crippen molar-refractivity contribution in [2.45, 2.75) is 26.7 Å². The molecule has 0 saturated heterocycles. The molecule has 0 spiro atoms. The summed E-state index contributed by atoms with van der Waals surface area (Å²) in [7, 11) is 0. The lowest BCUT2D eigenvalue weighted by Crippen LogP contribution is -2.25. The molecule has 9 heteroatoms. The SMILES string of the molecule is CCNC(=O)c1noc(-c2cc(C(C)C)c(O)cc2O)c1NC(=O)c1ccc2cc[nH]c2c1. The normalized spacial score (nSPS) is 11.2. The van der Waals surface area contributed by atoms with Crippen LogP contribution in [-0.2, 0) is 0 Å². The van der Waals surface area contributed by atoms with E-state index in [1.807, 2.05) is 19.9 Å². The minimum absolute atomic E-state index is 0.00459. The van der Waals surface area contributed by atoms with Crippen LogP contribution in [0.2, 0.25) is 0 Å². The van der Waals surface area contributed by atoms with Gasteiger partial charge in [0.05, 0.1) is 5.56 Å². The molecule has 2 heterocycles. The number of nitrogens with one attached hydrogen (secondary N) is 3. The zero-order valence-corrected chi connectivity index (χ0v) is 18.4. The van der Waals surface area contributed by atoms with Crippen LogP contribution in [0.15, 0.2) is 47.1 Å². The van der Waals surface area contributed by atoms with Crippen LogP contribution in [0.1, 0.15) is 53.1 Å². The highest BCUT2D eigenvalue weighted by atomic mass is 16.5. The molecule has 2 aromatic carbocycles. The van der Waals surface area contributed by atoms with Gasteiger partial charge >= 0.3 is 0 Å². The lowest BCUT2D eigenvalue weighted by Gasteiger charge is -2.13. The van der Waals surface area contributed by atoms with Gasteiger partial charge in [0.2, 0.25) is 0 Å². The van der Waals surface area contributed by atoms with Crippen molar-refractivity contribution in [3.63, 3.8) is 0 Å². The highest BCUT2D eigenvalue weighted by Crippen LogP contribution is 2.41. The smallest absolute Gasteiger partial charge is 0.275 e. The van der Waals surface area contributed by atoms with E-state index in [1.54, 1.807) is 37.4 Å². The molecule has 0 saturated carbocycles. The molecule has 0 radical (unpaired) electrons. The Morgan fingerprint density at radius 1 is 1.09 bits per heavy atom. The van der Waals surface area contributed by atoms with Gasteiger partial charge in [-0.25, -0.2) is 0 Å². The number of aromatic amines is 1. The first-order valence-electron chi connectivity index (χ1n) is 10.5. The van der Waals surface area contributed by atoms with E-state index in [1.165, 1.54) is 6.07 Å². The van der Waals surface area contributed by atoms with Crippen LogP contribution in [0.4, 0.5) is 5.69 Å². The van der Waals surface area contributed by atoms with Crippen LogP contribution >= 0.6 is 0 Å². The topological polar surface area (TPSA) is 140 Å². The number of phenolic OH excluding ortho intramolecular Hbond substituents is 2. The van der Waals surface area contributed by atoms with Crippen LogP contribution in [0.5, 0.6) is 11.5 Å². The third-order valence-electron chi connectivity index (χ3n) is 5.31. The largest absolute Gasteiger partial charge is 0.508 e. The van der Waals surface area contributed by atoms with Crippen molar-refractivity contribution in [3.8, 4) is 22.8 Å². The number of rotatable bonds is 6. The van der Waals surface area contributed by atoms with Crippen molar-refractivity contribution in [1.29, 1.82) is 0 Å². The number of phenols is 2. The number of fused-ring (bicyclic) bond motifs is 1. The van der Waals surface area contributed by atoms with Crippen molar-refractivity contribution in [2.75, 3.05) is 11.9 Å². The minimum Gasteiger partial charge on any atom is -0.508 e. The number of hydrogen-bond donors (Lipinski definition) is 5. The Balaban J connectivity index is 1.80. The molecule has 0 bridgehead atoms. The summed E-state index contributed by atoms with van der Waals surface area (Å²) in [6.07, 6.45) is 1.78. The number of anilines is 1. The summed E-state index contributed by atoms with van der Waals surface area (Å²) >= 11 is 0. The van der Waals surface area contributed by atoms with Gasteiger partial charge in [-0.05, 0) is 48.1 Å². The lowest BCUT2D eigenvalue weighted by atomic mass is 9.97. The second kappa shape index (κ2) is 8.70. The molecule has 4 aromatic rings. The van der Waals surface area contributed by atoms with E-state index in [2.05, 4.69) is 20.8 Å². The van der Waals surface area contributed by atoms with E-state index >= 15 is 0 Å². The van der Waals surface area contributed by atoms with E-state index < -0.39 is 11.8 Å². The lowest BCUT2D eigenvalue weighted by molar-refractivity contribution is 0.0947. The minimum atomic E-state index is -0.537. The molecule has 0 aliphatic rings. The second-order valence-electron chi connectivity index (χ2n) is 7.91. The molecule has 0 fully saturated rings. The zero-order valence-electron chi connectivity index (χ0n) is 18.4. The van der Waals surface area contributed by atoms with Gasteiger partial charge in [-0.1, -0.05) is 25.1 Å². The monoisotopic (exact) mass is 448 g/mol. The molecule has 33 heavy (non-hydrogen) atoms. The summed E-state index contributed by atoms with van der Waals surface area (Å²) in [5.74, 6) is -1.42. The standard InChI is InChI=1S/C24H24N4O5/c1-4-25-24(32)21-20(27-23(31)14-6-5-13-7-8-26-17(13)9-14)22(33-28-21)16-10-15(12(2)3)18(29)11-19(16)30/h5-12,26,29-30H,4H2,1-3H3,(H,25,32)(H,27,31). The van der Waals surface area contributed by atoms with E-state index in [0.29, 0.717) is 17.7 Å². The Morgan fingerprint density at radius 2 is 1.88 bits per heavy atom. The summed E-state index contributed by atoms with van der Waals surface area (Å²) in [5.41, 5.74) is 1.79. The maximum absolute atomic E-state index is 13.1. The van der Waals surface area contributed by atoms with Gasteiger partial charge in [-0.2, -0.15) is 0 Å². The molecule has 9 nitrogen and oxygen atoms in total. The number of aromatic hydroxyl groups is 2. The average Bonchev–Trinajstić information content (AvgIpc) is 3.40. The van der Waals surface area contributed by atoms with E-state index in [0.717, 1.165) is 10.9 Å². The fourth-order valence-electron chi connectivity index (χ4n) is 3.60. The molecule has 4 rings (SSSR count). The number of aromatic nitrogens is 2. The fourth-order valence-corrected chi connectivity index (χ4v) is 3.60. The summed E-state index contributed by atoms with van der Waals surface area (Å²) in [6, 6.07) is 9.81. The van der Waals surface area contributed by atoms with Crippen LogP contribution in [0.25, 0.3) is 22.2 Å².